The Morgan fingerprint density at radius 3 is 2.58 bits per heavy atom. The van der Waals surface area contributed by atoms with Crippen LogP contribution in [-0.4, -0.2) is 47.5 Å². The van der Waals surface area contributed by atoms with E-state index in [2.05, 4.69) is 42.9 Å². The van der Waals surface area contributed by atoms with Crippen LogP contribution in [-0.2, 0) is 4.74 Å². The predicted molar refractivity (Wildman–Crippen MR) is 128 cm³/mol. The monoisotopic (exact) mass is 443 g/mol. The van der Waals surface area contributed by atoms with Gasteiger partial charge in [-0.1, -0.05) is 48.5 Å². The summed E-state index contributed by atoms with van der Waals surface area (Å²) in [7, 11) is 0. The van der Waals surface area contributed by atoms with Crippen LogP contribution < -0.4 is 15.6 Å². The lowest BCUT2D eigenvalue weighted by Crippen LogP contribution is -2.37. The summed E-state index contributed by atoms with van der Waals surface area (Å²) >= 11 is 0. The summed E-state index contributed by atoms with van der Waals surface area (Å²) in [6, 6.07) is 20.3. The molecule has 1 saturated heterocycles. The van der Waals surface area contributed by atoms with Gasteiger partial charge in [-0.05, 0) is 29.1 Å². The average molecular weight is 443 g/mol. The van der Waals surface area contributed by atoms with E-state index in [-0.39, 0.29) is 11.8 Å². The normalized spacial score (nSPS) is 14.0. The molecule has 1 aliphatic heterocycles. The molecule has 0 aliphatic carbocycles. The van der Waals surface area contributed by atoms with Gasteiger partial charge in [-0.3, -0.25) is 0 Å². The van der Waals surface area contributed by atoms with Gasteiger partial charge in [0.15, 0.2) is 0 Å². The zero-order valence-electron chi connectivity index (χ0n) is 17.8. The van der Waals surface area contributed by atoms with Crippen LogP contribution >= 0.6 is 0 Å². The largest absolute Gasteiger partial charge is 0.378 e. The van der Waals surface area contributed by atoms with Gasteiger partial charge in [0.1, 0.15) is 5.82 Å². The molecular weight excluding hydrogens is 421 g/mol. The van der Waals surface area contributed by atoms with Crippen LogP contribution in [0.15, 0.2) is 71.8 Å². The highest BCUT2D eigenvalue weighted by Crippen LogP contribution is 2.26. The van der Waals surface area contributed by atoms with Gasteiger partial charge in [-0.2, -0.15) is 20.1 Å². The Bertz CT molecular complexity index is 1290. The van der Waals surface area contributed by atoms with Crippen molar-refractivity contribution in [1.29, 1.82) is 0 Å². The van der Waals surface area contributed by atoms with E-state index >= 15 is 0 Å². The van der Waals surface area contributed by atoms with Gasteiger partial charge in [0, 0.05) is 24.2 Å². The molecule has 4 aromatic rings. The summed E-state index contributed by atoms with van der Waals surface area (Å²) in [5.74, 6) is 0.878. The third-order valence-electron chi connectivity index (χ3n) is 5.18. The highest BCUT2D eigenvalue weighted by atomic mass is 19.1. The SMILES string of the molecule is Fc1cccc(/C=N/Nc2nc(Nc3cccc4ccccc34)nc(N3CCOCC3)n2)c1. The van der Waals surface area contributed by atoms with Crippen molar-refractivity contribution < 1.29 is 9.13 Å². The molecule has 33 heavy (non-hydrogen) atoms. The minimum absolute atomic E-state index is 0.280. The van der Waals surface area contributed by atoms with Gasteiger partial charge in [-0.15, -0.1) is 0 Å². The zero-order valence-corrected chi connectivity index (χ0v) is 17.8. The van der Waals surface area contributed by atoms with Crippen molar-refractivity contribution in [3.63, 3.8) is 0 Å². The lowest BCUT2D eigenvalue weighted by atomic mass is 10.1. The Labute approximate surface area is 190 Å². The van der Waals surface area contributed by atoms with Crippen molar-refractivity contribution in [2.24, 2.45) is 5.10 Å². The first-order chi connectivity index (χ1) is 16.2. The number of hydrogen-bond donors (Lipinski definition) is 2. The maximum atomic E-state index is 13.4. The molecule has 0 radical (unpaired) electrons. The van der Waals surface area contributed by atoms with Crippen molar-refractivity contribution in [2.45, 2.75) is 0 Å². The number of morpholine rings is 1. The molecule has 0 saturated carbocycles. The number of aromatic nitrogens is 3. The fourth-order valence-electron chi connectivity index (χ4n) is 3.58. The quantitative estimate of drug-likeness (QED) is 0.341. The predicted octanol–water partition coefficient (Wildman–Crippen LogP) is 4.19. The van der Waals surface area contributed by atoms with Crippen LogP contribution in [0.3, 0.4) is 0 Å². The number of nitrogens with zero attached hydrogens (tertiary/aromatic N) is 5. The molecule has 3 aromatic carbocycles. The van der Waals surface area contributed by atoms with E-state index in [0.717, 1.165) is 16.5 Å². The van der Waals surface area contributed by atoms with Crippen LogP contribution in [0.1, 0.15) is 5.56 Å². The zero-order chi connectivity index (χ0) is 22.5. The number of nitrogens with one attached hydrogen (secondary N) is 2. The average Bonchev–Trinajstić information content (AvgIpc) is 2.85. The summed E-state index contributed by atoms with van der Waals surface area (Å²) in [5.41, 5.74) is 4.36. The van der Waals surface area contributed by atoms with E-state index in [1.54, 1.807) is 12.1 Å². The molecule has 0 amide bonds. The molecule has 0 unspecified atom stereocenters. The lowest BCUT2D eigenvalue weighted by Gasteiger charge is -2.27. The molecule has 1 aromatic heterocycles. The number of anilines is 4. The van der Waals surface area contributed by atoms with E-state index in [0.29, 0.717) is 43.8 Å². The highest BCUT2D eigenvalue weighted by molar-refractivity contribution is 5.94. The molecule has 1 aliphatic rings. The third-order valence-corrected chi connectivity index (χ3v) is 5.18. The van der Waals surface area contributed by atoms with Gasteiger partial charge in [0.05, 0.1) is 19.4 Å². The van der Waals surface area contributed by atoms with Gasteiger partial charge < -0.3 is 15.0 Å². The molecule has 5 rings (SSSR count). The number of ether oxygens (including phenoxy) is 1. The van der Waals surface area contributed by atoms with Crippen molar-refractivity contribution in [2.75, 3.05) is 41.9 Å². The summed E-state index contributed by atoms with van der Waals surface area (Å²) in [6.07, 6.45) is 1.51. The second-order valence-corrected chi connectivity index (χ2v) is 7.46. The number of benzene rings is 3. The first-order valence-corrected chi connectivity index (χ1v) is 10.6. The standard InChI is InChI=1S/C24H22FN7O/c25-19-8-3-5-17(15-19)16-26-31-23-28-22(29-24(30-23)32-11-13-33-14-12-32)27-21-10-4-7-18-6-1-2-9-20(18)21/h1-10,15-16H,11-14H2,(H2,27,28,29,30,31)/b26-16+. The Hall–Kier alpha value is -4.11. The maximum Gasteiger partial charge on any atom is 0.250 e. The molecule has 9 heteroatoms. The maximum absolute atomic E-state index is 13.4. The summed E-state index contributed by atoms with van der Waals surface area (Å²) in [6.45, 7) is 2.59. The van der Waals surface area contributed by atoms with E-state index in [9.17, 15) is 4.39 Å². The highest BCUT2D eigenvalue weighted by Gasteiger charge is 2.17. The Morgan fingerprint density at radius 1 is 0.909 bits per heavy atom. The fraction of sp³-hybridized carbons (Fsp3) is 0.167. The number of fused-ring (bicyclic) bond motifs is 1. The minimum atomic E-state index is -0.324. The Morgan fingerprint density at radius 2 is 1.70 bits per heavy atom. The van der Waals surface area contributed by atoms with Gasteiger partial charge >= 0.3 is 0 Å². The molecule has 0 spiro atoms. The van der Waals surface area contributed by atoms with Crippen LogP contribution in [0.5, 0.6) is 0 Å². The first-order valence-electron chi connectivity index (χ1n) is 10.6. The molecule has 1 fully saturated rings. The number of halogens is 1. The molecule has 166 valence electrons. The van der Waals surface area contributed by atoms with Gasteiger partial charge in [-0.25, -0.2) is 9.82 Å². The van der Waals surface area contributed by atoms with Crippen LogP contribution in [0.2, 0.25) is 0 Å². The summed E-state index contributed by atoms with van der Waals surface area (Å²) < 4.78 is 18.9. The molecule has 0 atom stereocenters. The molecule has 2 N–H and O–H groups in total. The Balaban J connectivity index is 1.44. The molecule has 8 nitrogen and oxygen atoms in total. The molecule has 2 heterocycles. The van der Waals surface area contributed by atoms with Gasteiger partial charge in [0.25, 0.3) is 0 Å². The van der Waals surface area contributed by atoms with E-state index in [1.165, 1.54) is 18.3 Å². The van der Waals surface area contributed by atoms with Gasteiger partial charge in [0.2, 0.25) is 17.8 Å². The summed E-state index contributed by atoms with van der Waals surface area (Å²) in [5, 5.41) is 9.67. The number of rotatable bonds is 6. The lowest BCUT2D eigenvalue weighted by molar-refractivity contribution is 0.122. The number of hydrazone groups is 1. The first kappa shape index (κ1) is 20.8. The van der Waals surface area contributed by atoms with E-state index in [4.69, 9.17) is 4.74 Å². The van der Waals surface area contributed by atoms with Crippen molar-refractivity contribution in [1.82, 2.24) is 15.0 Å². The molecule has 0 bridgehead atoms. The van der Waals surface area contributed by atoms with Crippen molar-refractivity contribution in [3.8, 4) is 0 Å². The van der Waals surface area contributed by atoms with E-state index < -0.39 is 0 Å². The second kappa shape index (κ2) is 9.58. The third kappa shape index (κ3) is 5.04. The number of hydrogen-bond acceptors (Lipinski definition) is 8. The topological polar surface area (TPSA) is 87.6 Å². The second-order valence-electron chi connectivity index (χ2n) is 7.46. The Kier molecular flexibility index (Phi) is 6.03. The van der Waals surface area contributed by atoms with Crippen LogP contribution in [0.4, 0.5) is 27.9 Å². The summed E-state index contributed by atoms with van der Waals surface area (Å²) in [4.78, 5) is 15.7. The van der Waals surface area contributed by atoms with Crippen molar-refractivity contribution >= 4 is 40.5 Å². The van der Waals surface area contributed by atoms with Crippen molar-refractivity contribution in [3.05, 3.63) is 78.1 Å². The van der Waals surface area contributed by atoms with Crippen LogP contribution in [0, 0.1) is 5.82 Å². The van der Waals surface area contributed by atoms with E-state index in [1.807, 2.05) is 35.2 Å². The smallest absolute Gasteiger partial charge is 0.250 e. The van der Waals surface area contributed by atoms with Crippen LogP contribution in [0.25, 0.3) is 10.8 Å². The molecular formula is C24H22FN7O. The minimum Gasteiger partial charge on any atom is -0.378 e. The fourth-order valence-corrected chi connectivity index (χ4v) is 3.58.